The molecule has 1 aromatic rings. The van der Waals surface area contributed by atoms with Crippen LogP contribution in [0.25, 0.3) is 0 Å². The summed E-state index contributed by atoms with van der Waals surface area (Å²) in [4.78, 5) is 11.0. The molecule has 2 rings (SSSR count). The van der Waals surface area contributed by atoms with Crippen molar-refractivity contribution in [2.75, 3.05) is 12.5 Å². The Hall–Kier alpha value is -1.36. The second-order valence-electron chi connectivity index (χ2n) is 4.60. The molecule has 1 aliphatic heterocycles. The van der Waals surface area contributed by atoms with E-state index in [4.69, 9.17) is 14.6 Å². The highest BCUT2D eigenvalue weighted by Crippen LogP contribution is 2.33. The van der Waals surface area contributed by atoms with Gasteiger partial charge in [0.05, 0.1) is 0 Å². The van der Waals surface area contributed by atoms with E-state index in [0.29, 0.717) is 0 Å². The molecule has 1 aliphatic rings. The number of aliphatic carboxylic acids is 1. The summed E-state index contributed by atoms with van der Waals surface area (Å²) in [6, 6.07) is 5.84. The molecule has 98 valence electrons. The second-order valence-corrected chi connectivity index (χ2v) is 6.32. The molecule has 0 fully saturated rings. The first kappa shape index (κ1) is 13.1. The number of aryl methyl sites for hydroxylation is 1. The maximum atomic E-state index is 11.0. The van der Waals surface area contributed by atoms with Crippen LogP contribution in [0.2, 0.25) is 0 Å². The van der Waals surface area contributed by atoms with Gasteiger partial charge in [-0.2, -0.15) is 0 Å². The summed E-state index contributed by atoms with van der Waals surface area (Å²) in [5.41, 5.74) is 1.13. The van der Waals surface area contributed by atoms with E-state index in [1.54, 1.807) is 13.8 Å². The van der Waals surface area contributed by atoms with E-state index in [0.717, 1.165) is 29.2 Å². The second kappa shape index (κ2) is 5.10. The SMILES string of the molecule is CC(C)(SCCc1ccc2c(c1)OCO2)C(=O)O. The summed E-state index contributed by atoms with van der Waals surface area (Å²) in [5.74, 6) is 1.53. The monoisotopic (exact) mass is 268 g/mol. The molecule has 0 saturated heterocycles. The lowest BCUT2D eigenvalue weighted by molar-refractivity contribution is -0.138. The number of benzene rings is 1. The van der Waals surface area contributed by atoms with Crippen molar-refractivity contribution in [2.45, 2.75) is 25.0 Å². The third kappa shape index (κ3) is 2.90. The predicted octanol–water partition coefficient (Wildman–Crippen LogP) is 2.55. The average Bonchev–Trinajstić information content (AvgIpc) is 2.75. The Morgan fingerprint density at radius 2 is 2.11 bits per heavy atom. The molecular weight excluding hydrogens is 252 g/mol. The van der Waals surface area contributed by atoms with Crippen LogP contribution in [0.5, 0.6) is 11.5 Å². The topological polar surface area (TPSA) is 55.8 Å². The zero-order valence-electron chi connectivity index (χ0n) is 10.4. The molecule has 0 unspecified atom stereocenters. The van der Waals surface area contributed by atoms with Crippen molar-refractivity contribution in [3.8, 4) is 11.5 Å². The van der Waals surface area contributed by atoms with Gasteiger partial charge in [0, 0.05) is 0 Å². The van der Waals surface area contributed by atoms with Gasteiger partial charge >= 0.3 is 5.97 Å². The maximum absolute atomic E-state index is 11.0. The van der Waals surface area contributed by atoms with Crippen LogP contribution in [-0.2, 0) is 11.2 Å². The molecule has 0 spiro atoms. The largest absolute Gasteiger partial charge is 0.480 e. The molecule has 0 amide bonds. The third-order valence-electron chi connectivity index (χ3n) is 2.81. The first-order valence-corrected chi connectivity index (χ1v) is 6.73. The highest BCUT2D eigenvalue weighted by atomic mass is 32.2. The molecule has 0 saturated carbocycles. The van der Waals surface area contributed by atoms with Gasteiger partial charge in [0.15, 0.2) is 11.5 Å². The summed E-state index contributed by atoms with van der Waals surface area (Å²) >= 11 is 1.44. The van der Waals surface area contributed by atoms with Crippen molar-refractivity contribution < 1.29 is 19.4 Å². The zero-order valence-corrected chi connectivity index (χ0v) is 11.3. The Morgan fingerprint density at radius 3 is 2.83 bits per heavy atom. The number of carboxylic acid groups (broad SMARTS) is 1. The van der Waals surface area contributed by atoms with Crippen molar-refractivity contribution in [2.24, 2.45) is 0 Å². The van der Waals surface area contributed by atoms with E-state index in [1.807, 2.05) is 18.2 Å². The molecule has 1 heterocycles. The Balaban J connectivity index is 1.89. The van der Waals surface area contributed by atoms with Crippen LogP contribution in [0.15, 0.2) is 18.2 Å². The molecule has 0 aromatic heterocycles. The van der Waals surface area contributed by atoms with Gasteiger partial charge < -0.3 is 14.6 Å². The van der Waals surface area contributed by atoms with Crippen molar-refractivity contribution in [3.63, 3.8) is 0 Å². The van der Waals surface area contributed by atoms with E-state index >= 15 is 0 Å². The van der Waals surface area contributed by atoms with E-state index in [2.05, 4.69) is 0 Å². The Bertz CT molecular complexity index is 456. The summed E-state index contributed by atoms with van der Waals surface area (Å²) in [6.45, 7) is 3.72. The van der Waals surface area contributed by atoms with Gasteiger partial charge in [-0.05, 0) is 43.7 Å². The van der Waals surface area contributed by atoms with Gasteiger partial charge in [-0.3, -0.25) is 4.79 Å². The fourth-order valence-electron chi connectivity index (χ4n) is 1.58. The van der Waals surface area contributed by atoms with Gasteiger partial charge in [0.2, 0.25) is 6.79 Å². The number of rotatable bonds is 5. The van der Waals surface area contributed by atoms with Crippen molar-refractivity contribution in [1.29, 1.82) is 0 Å². The number of hydrogen-bond donors (Lipinski definition) is 1. The quantitative estimate of drug-likeness (QED) is 0.889. The predicted molar refractivity (Wildman–Crippen MR) is 70.4 cm³/mol. The molecule has 18 heavy (non-hydrogen) atoms. The van der Waals surface area contributed by atoms with Gasteiger partial charge in [-0.25, -0.2) is 0 Å². The minimum absolute atomic E-state index is 0.277. The van der Waals surface area contributed by atoms with Crippen LogP contribution < -0.4 is 9.47 Å². The number of carbonyl (C=O) groups is 1. The normalized spacial score (nSPS) is 13.7. The number of fused-ring (bicyclic) bond motifs is 1. The molecular formula is C13H16O4S. The third-order valence-corrected chi connectivity index (χ3v) is 4.11. The van der Waals surface area contributed by atoms with Crippen molar-refractivity contribution >= 4 is 17.7 Å². The molecule has 0 atom stereocenters. The van der Waals surface area contributed by atoms with Crippen LogP contribution in [0.1, 0.15) is 19.4 Å². The first-order valence-electron chi connectivity index (χ1n) is 5.75. The smallest absolute Gasteiger partial charge is 0.319 e. The lowest BCUT2D eigenvalue weighted by Crippen LogP contribution is -2.27. The molecule has 5 heteroatoms. The van der Waals surface area contributed by atoms with E-state index < -0.39 is 10.7 Å². The summed E-state index contributed by atoms with van der Waals surface area (Å²) in [5, 5.41) is 9.01. The summed E-state index contributed by atoms with van der Waals surface area (Å²) < 4.78 is 9.80. The average molecular weight is 268 g/mol. The van der Waals surface area contributed by atoms with Crippen LogP contribution in [0.3, 0.4) is 0 Å². The highest BCUT2D eigenvalue weighted by molar-refractivity contribution is 8.01. The van der Waals surface area contributed by atoms with Crippen LogP contribution in [0.4, 0.5) is 0 Å². The highest BCUT2D eigenvalue weighted by Gasteiger charge is 2.27. The molecule has 1 N–H and O–H groups in total. The minimum Gasteiger partial charge on any atom is -0.480 e. The minimum atomic E-state index is -0.779. The zero-order chi connectivity index (χ0) is 13.2. The molecule has 0 aliphatic carbocycles. The van der Waals surface area contributed by atoms with Crippen LogP contribution >= 0.6 is 11.8 Å². The maximum Gasteiger partial charge on any atom is 0.319 e. The fraction of sp³-hybridized carbons (Fsp3) is 0.462. The lowest BCUT2D eigenvalue weighted by Gasteiger charge is -2.18. The van der Waals surface area contributed by atoms with E-state index in [9.17, 15) is 4.79 Å². The van der Waals surface area contributed by atoms with E-state index in [1.165, 1.54) is 11.8 Å². The number of carboxylic acids is 1. The van der Waals surface area contributed by atoms with E-state index in [-0.39, 0.29) is 6.79 Å². The molecule has 4 nitrogen and oxygen atoms in total. The fourth-order valence-corrected chi connectivity index (χ4v) is 2.55. The lowest BCUT2D eigenvalue weighted by atomic mass is 10.1. The molecule has 0 bridgehead atoms. The van der Waals surface area contributed by atoms with Gasteiger partial charge in [-0.15, -0.1) is 11.8 Å². The van der Waals surface area contributed by atoms with Crippen molar-refractivity contribution in [3.05, 3.63) is 23.8 Å². The number of hydrogen-bond acceptors (Lipinski definition) is 4. The summed E-state index contributed by atoms with van der Waals surface area (Å²) in [7, 11) is 0. The van der Waals surface area contributed by atoms with Crippen molar-refractivity contribution in [1.82, 2.24) is 0 Å². The van der Waals surface area contributed by atoms with Gasteiger partial charge in [-0.1, -0.05) is 6.07 Å². The van der Waals surface area contributed by atoms with Crippen LogP contribution in [0, 0.1) is 0 Å². The standard InChI is InChI=1S/C13H16O4S/c1-13(2,12(14)15)18-6-5-9-3-4-10-11(7-9)17-8-16-10/h3-4,7H,5-6,8H2,1-2H3,(H,14,15). The Morgan fingerprint density at radius 1 is 1.39 bits per heavy atom. The number of ether oxygens (including phenoxy) is 2. The van der Waals surface area contributed by atoms with Crippen LogP contribution in [-0.4, -0.2) is 28.4 Å². The molecule has 0 radical (unpaired) electrons. The Kier molecular flexibility index (Phi) is 3.71. The number of thioether (sulfide) groups is 1. The first-order chi connectivity index (χ1) is 8.49. The summed E-state index contributed by atoms with van der Waals surface area (Å²) in [6.07, 6.45) is 0.817. The van der Waals surface area contributed by atoms with Gasteiger partial charge in [0.25, 0.3) is 0 Å². The Labute approximate surface area is 110 Å². The molecule has 1 aromatic carbocycles. The van der Waals surface area contributed by atoms with Gasteiger partial charge in [0.1, 0.15) is 4.75 Å².